The normalized spacial score (nSPS) is 15.2. The minimum atomic E-state index is -0.421. The van der Waals surface area contributed by atoms with Crippen LogP contribution < -0.4 is 11.2 Å². The van der Waals surface area contributed by atoms with Crippen molar-refractivity contribution in [3.05, 3.63) is 67.1 Å². The molecule has 0 unspecified atom stereocenters. The van der Waals surface area contributed by atoms with E-state index in [0.29, 0.717) is 40.9 Å². The number of aliphatic hydroxyl groups excluding tert-OH is 1. The summed E-state index contributed by atoms with van der Waals surface area (Å²) in [7, 11) is 1.64. The number of hydrogen-bond acceptors (Lipinski definition) is 4. The van der Waals surface area contributed by atoms with E-state index < -0.39 is 5.69 Å². The predicted molar refractivity (Wildman–Crippen MR) is 127 cm³/mol. The molecule has 2 aromatic heterocycles. The van der Waals surface area contributed by atoms with Crippen LogP contribution in [0.25, 0.3) is 17.2 Å². The molecule has 2 heterocycles. The Morgan fingerprint density at radius 3 is 2.53 bits per heavy atom. The van der Waals surface area contributed by atoms with Gasteiger partial charge in [-0.2, -0.15) is 0 Å². The number of fused-ring (bicyclic) bond motifs is 1. The molecule has 7 nitrogen and oxygen atoms in total. The highest BCUT2D eigenvalue weighted by atomic mass is 35.5. The van der Waals surface area contributed by atoms with Crippen LogP contribution >= 0.6 is 11.6 Å². The summed E-state index contributed by atoms with van der Waals surface area (Å²) < 4.78 is 4.51. The number of halogens is 1. The maximum absolute atomic E-state index is 13.4. The van der Waals surface area contributed by atoms with Crippen molar-refractivity contribution in [2.45, 2.75) is 52.1 Å². The molecule has 0 aliphatic heterocycles. The standard InChI is InChI=1S/C24H29ClN4O3/c1-16(18-6-3-4-7-18)14-20-26-22-21(29(20)15-17-8-10-19(25)11-9-17)23(31)28(12-5-13-30)24(32)27(22)2/h8-11,14,18,30H,3-7,12-13,15H2,1-2H3/b16-14+. The van der Waals surface area contributed by atoms with E-state index >= 15 is 0 Å². The molecule has 1 aromatic carbocycles. The van der Waals surface area contributed by atoms with Crippen molar-refractivity contribution in [1.82, 2.24) is 18.7 Å². The largest absolute Gasteiger partial charge is 0.396 e. The van der Waals surface area contributed by atoms with E-state index in [9.17, 15) is 14.7 Å². The molecule has 1 aliphatic rings. The summed E-state index contributed by atoms with van der Waals surface area (Å²) in [5.41, 5.74) is 2.20. The number of aryl methyl sites for hydroxylation is 1. The molecule has 0 saturated heterocycles. The molecule has 1 aliphatic carbocycles. The third-order valence-corrected chi connectivity index (χ3v) is 6.66. The van der Waals surface area contributed by atoms with Gasteiger partial charge < -0.3 is 9.67 Å². The lowest BCUT2D eigenvalue weighted by Gasteiger charge is -2.12. The number of nitrogens with zero attached hydrogens (tertiary/aromatic N) is 4. The fraction of sp³-hybridized carbons (Fsp3) is 0.458. The van der Waals surface area contributed by atoms with E-state index in [1.54, 1.807) is 7.05 Å². The SMILES string of the molecule is C/C(=C\c1nc2c(c(=O)n(CCCO)c(=O)n2C)n1Cc1ccc(Cl)cc1)C1CCCC1. The monoisotopic (exact) mass is 456 g/mol. The van der Waals surface area contributed by atoms with Crippen molar-refractivity contribution in [3.63, 3.8) is 0 Å². The number of imidazole rings is 1. The zero-order valence-corrected chi connectivity index (χ0v) is 19.3. The first kappa shape index (κ1) is 22.6. The molecular formula is C24H29ClN4O3. The number of allylic oxidation sites excluding steroid dienone is 1. The Bertz CT molecular complexity index is 1260. The van der Waals surface area contributed by atoms with Gasteiger partial charge in [0.15, 0.2) is 11.2 Å². The van der Waals surface area contributed by atoms with Gasteiger partial charge in [-0.25, -0.2) is 9.78 Å². The van der Waals surface area contributed by atoms with Crippen molar-refractivity contribution >= 4 is 28.8 Å². The van der Waals surface area contributed by atoms with Gasteiger partial charge in [0.1, 0.15) is 5.82 Å². The Kier molecular flexibility index (Phi) is 6.67. The molecule has 0 atom stereocenters. The lowest BCUT2D eigenvalue weighted by atomic mass is 9.99. The molecule has 8 heteroatoms. The molecule has 3 aromatic rings. The van der Waals surface area contributed by atoms with Crippen molar-refractivity contribution in [1.29, 1.82) is 0 Å². The zero-order chi connectivity index (χ0) is 22.8. The Hall–Kier alpha value is -2.64. The van der Waals surface area contributed by atoms with Crippen LogP contribution in [0.1, 0.15) is 50.4 Å². The summed E-state index contributed by atoms with van der Waals surface area (Å²) in [6.45, 7) is 2.63. The highest BCUT2D eigenvalue weighted by molar-refractivity contribution is 6.30. The maximum Gasteiger partial charge on any atom is 0.332 e. The maximum atomic E-state index is 13.4. The summed E-state index contributed by atoms with van der Waals surface area (Å²) in [5, 5.41) is 9.86. The molecule has 1 fully saturated rings. The van der Waals surface area contributed by atoms with Crippen molar-refractivity contribution in [2.75, 3.05) is 6.61 Å². The van der Waals surface area contributed by atoms with Gasteiger partial charge in [0.25, 0.3) is 5.56 Å². The first-order valence-electron chi connectivity index (χ1n) is 11.1. The van der Waals surface area contributed by atoms with Crippen LogP contribution in [-0.2, 0) is 20.1 Å². The minimum absolute atomic E-state index is 0.0910. The van der Waals surface area contributed by atoms with Crippen LogP contribution in [0.4, 0.5) is 0 Å². The number of rotatable bonds is 7. The van der Waals surface area contributed by atoms with Gasteiger partial charge in [0.05, 0.1) is 0 Å². The van der Waals surface area contributed by atoms with E-state index in [1.165, 1.54) is 40.4 Å². The van der Waals surface area contributed by atoms with Crippen molar-refractivity contribution in [3.8, 4) is 0 Å². The summed E-state index contributed by atoms with van der Waals surface area (Å²) in [5.74, 6) is 1.20. The molecule has 1 N–H and O–H groups in total. The summed E-state index contributed by atoms with van der Waals surface area (Å²) >= 11 is 6.05. The predicted octanol–water partition coefficient (Wildman–Crippen LogP) is 3.57. The fourth-order valence-electron chi connectivity index (χ4n) is 4.56. The number of aliphatic hydroxyl groups is 1. The minimum Gasteiger partial charge on any atom is -0.396 e. The average Bonchev–Trinajstić information content (AvgIpc) is 3.43. The topological polar surface area (TPSA) is 82.1 Å². The van der Waals surface area contributed by atoms with E-state index in [1.807, 2.05) is 28.8 Å². The average molecular weight is 457 g/mol. The highest BCUT2D eigenvalue weighted by Gasteiger charge is 2.21. The molecule has 0 spiro atoms. The van der Waals surface area contributed by atoms with Gasteiger partial charge >= 0.3 is 5.69 Å². The molecule has 0 amide bonds. The third-order valence-electron chi connectivity index (χ3n) is 6.41. The summed E-state index contributed by atoms with van der Waals surface area (Å²) in [6, 6.07) is 7.50. The molecule has 0 radical (unpaired) electrons. The second-order valence-corrected chi connectivity index (χ2v) is 9.04. The second kappa shape index (κ2) is 9.46. The van der Waals surface area contributed by atoms with E-state index in [2.05, 4.69) is 13.0 Å². The van der Waals surface area contributed by atoms with Gasteiger partial charge in [-0.1, -0.05) is 42.1 Å². The summed E-state index contributed by atoms with van der Waals surface area (Å²) in [6.07, 6.45) is 7.22. The lowest BCUT2D eigenvalue weighted by Crippen LogP contribution is -2.39. The molecule has 170 valence electrons. The Labute approximate surface area is 191 Å². The van der Waals surface area contributed by atoms with Gasteiger partial charge in [-0.05, 0) is 55.9 Å². The number of benzene rings is 1. The Balaban J connectivity index is 1.92. The fourth-order valence-corrected chi connectivity index (χ4v) is 4.69. The highest BCUT2D eigenvalue weighted by Crippen LogP contribution is 2.32. The first-order chi connectivity index (χ1) is 15.4. The lowest BCUT2D eigenvalue weighted by molar-refractivity contribution is 0.277. The van der Waals surface area contributed by atoms with Gasteiger partial charge in [0, 0.05) is 31.8 Å². The van der Waals surface area contributed by atoms with Crippen LogP contribution in [0.5, 0.6) is 0 Å². The van der Waals surface area contributed by atoms with Crippen molar-refractivity contribution < 1.29 is 5.11 Å². The van der Waals surface area contributed by atoms with Crippen LogP contribution in [-0.4, -0.2) is 30.4 Å². The van der Waals surface area contributed by atoms with Crippen LogP contribution in [0.3, 0.4) is 0 Å². The Morgan fingerprint density at radius 2 is 1.88 bits per heavy atom. The zero-order valence-electron chi connectivity index (χ0n) is 18.6. The Morgan fingerprint density at radius 1 is 1.19 bits per heavy atom. The molecule has 1 saturated carbocycles. The quantitative estimate of drug-likeness (QED) is 0.589. The van der Waals surface area contributed by atoms with Gasteiger partial charge in [-0.3, -0.25) is 13.9 Å². The number of aromatic nitrogens is 4. The van der Waals surface area contributed by atoms with Crippen LogP contribution in [0.15, 0.2) is 39.4 Å². The van der Waals surface area contributed by atoms with Gasteiger partial charge in [0.2, 0.25) is 0 Å². The molecular weight excluding hydrogens is 428 g/mol. The van der Waals surface area contributed by atoms with Crippen LogP contribution in [0.2, 0.25) is 5.02 Å². The van der Waals surface area contributed by atoms with Crippen molar-refractivity contribution in [2.24, 2.45) is 13.0 Å². The van der Waals surface area contributed by atoms with E-state index in [4.69, 9.17) is 16.6 Å². The molecule has 0 bridgehead atoms. The van der Waals surface area contributed by atoms with Gasteiger partial charge in [-0.15, -0.1) is 0 Å². The van der Waals surface area contributed by atoms with Crippen LogP contribution in [0, 0.1) is 5.92 Å². The molecule has 32 heavy (non-hydrogen) atoms. The second-order valence-electron chi connectivity index (χ2n) is 8.60. The van der Waals surface area contributed by atoms with E-state index in [-0.39, 0.29) is 18.7 Å². The number of hydrogen-bond donors (Lipinski definition) is 1. The third kappa shape index (κ3) is 4.32. The van der Waals surface area contributed by atoms with E-state index in [0.717, 1.165) is 5.56 Å². The summed E-state index contributed by atoms with van der Waals surface area (Å²) in [4.78, 5) is 31.0. The smallest absolute Gasteiger partial charge is 0.332 e. The molecule has 4 rings (SSSR count). The first-order valence-corrected chi connectivity index (χ1v) is 11.5.